The van der Waals surface area contributed by atoms with E-state index in [0.29, 0.717) is 0 Å². The van der Waals surface area contributed by atoms with Crippen molar-refractivity contribution < 1.29 is 37.7 Å². The zero-order chi connectivity index (χ0) is 35.0. The Kier molecular flexibility index (Phi) is 8.13. The Morgan fingerprint density at radius 1 is 0.843 bits per heavy atom. The van der Waals surface area contributed by atoms with Gasteiger partial charge in [-0.2, -0.15) is 14.4 Å². The van der Waals surface area contributed by atoms with E-state index >= 15 is 0 Å². The molecule has 1 saturated heterocycles. The Hall–Kier alpha value is -3.66. The highest BCUT2D eigenvalue weighted by atomic mass is 19.1. The molecule has 0 spiro atoms. The molecule has 11 rings (SSSR count). The standard InChI is InChI=1S/C38H48FN5O7/c1-2-38(20-49-34(45)47-5-3-36-14-22-7-23(15-36)9-24(8-22)16-36)28(13-29(51-38)44-21-41-30-31(40)42-33(39)43-32(30)44)50-35(46)48-6-4-37-17-25-10-26(18-37)12-27(11-25)19-37/h1,21-29H,3-20H2,(H2,40,42,43)/t22?,23?,24?,25?,26?,27?,28-,29+,36?,37?,38+/m0/s1. The number of terminal acetylenes is 1. The molecule has 3 atom stereocenters. The van der Waals surface area contributed by atoms with E-state index in [1.54, 1.807) is 0 Å². The number of nitrogens with zero attached hydrogens (tertiary/aromatic N) is 4. The summed E-state index contributed by atoms with van der Waals surface area (Å²) in [5.41, 5.74) is 4.95. The molecule has 9 aliphatic rings. The normalized spacial score (nSPS) is 40.0. The first-order valence-corrected chi connectivity index (χ1v) is 19.0. The van der Waals surface area contributed by atoms with Crippen molar-refractivity contribution in [2.24, 2.45) is 46.3 Å². The van der Waals surface area contributed by atoms with Gasteiger partial charge in [0.15, 0.2) is 23.1 Å². The number of hydrogen-bond acceptors (Lipinski definition) is 11. The lowest BCUT2D eigenvalue weighted by atomic mass is 9.49. The van der Waals surface area contributed by atoms with Crippen molar-refractivity contribution >= 4 is 29.3 Å². The highest BCUT2D eigenvalue weighted by Gasteiger charge is 2.54. The van der Waals surface area contributed by atoms with Crippen LogP contribution in [0.3, 0.4) is 0 Å². The predicted molar refractivity (Wildman–Crippen MR) is 180 cm³/mol. The van der Waals surface area contributed by atoms with Crippen molar-refractivity contribution in [1.29, 1.82) is 0 Å². The number of aromatic nitrogens is 4. The van der Waals surface area contributed by atoms with Gasteiger partial charge >= 0.3 is 18.4 Å². The van der Waals surface area contributed by atoms with Crippen LogP contribution < -0.4 is 5.73 Å². The number of fused-ring (bicyclic) bond motifs is 1. The van der Waals surface area contributed by atoms with E-state index < -0.39 is 42.9 Å². The maximum absolute atomic E-state index is 14.2. The highest BCUT2D eigenvalue weighted by molar-refractivity contribution is 5.81. The molecule has 2 aromatic heterocycles. The van der Waals surface area contributed by atoms with E-state index in [9.17, 15) is 14.0 Å². The minimum Gasteiger partial charge on any atom is -0.434 e. The quantitative estimate of drug-likeness (QED) is 0.159. The molecule has 3 heterocycles. The van der Waals surface area contributed by atoms with Crippen LogP contribution in [0, 0.1) is 64.8 Å². The molecule has 8 bridgehead atoms. The average Bonchev–Trinajstić information content (AvgIpc) is 3.64. The molecule has 8 aliphatic carbocycles. The molecule has 0 radical (unpaired) electrons. The predicted octanol–water partition coefficient (Wildman–Crippen LogP) is 6.73. The molecule has 274 valence electrons. The van der Waals surface area contributed by atoms with E-state index in [-0.39, 0.29) is 47.4 Å². The van der Waals surface area contributed by atoms with Crippen LogP contribution in [-0.2, 0) is 23.7 Å². The van der Waals surface area contributed by atoms with Crippen LogP contribution >= 0.6 is 0 Å². The van der Waals surface area contributed by atoms with Gasteiger partial charge in [-0.05, 0) is 136 Å². The van der Waals surface area contributed by atoms with Crippen molar-refractivity contribution in [2.75, 3.05) is 25.6 Å². The number of carbonyl (C=O) groups excluding carboxylic acids is 2. The molecule has 1 aliphatic heterocycles. The van der Waals surface area contributed by atoms with Crippen molar-refractivity contribution in [2.45, 2.75) is 114 Å². The highest BCUT2D eigenvalue weighted by Crippen LogP contribution is 2.62. The number of nitrogen functional groups attached to an aromatic ring is 1. The van der Waals surface area contributed by atoms with Crippen LogP contribution in [0.2, 0.25) is 0 Å². The first-order chi connectivity index (χ1) is 24.6. The largest absolute Gasteiger partial charge is 0.508 e. The Labute approximate surface area is 297 Å². The summed E-state index contributed by atoms with van der Waals surface area (Å²) in [5.74, 6) is 7.26. The molecule has 12 nitrogen and oxygen atoms in total. The van der Waals surface area contributed by atoms with Gasteiger partial charge in [-0.3, -0.25) is 4.57 Å². The second-order valence-electron chi connectivity index (χ2n) is 17.5. The van der Waals surface area contributed by atoms with E-state index in [1.165, 1.54) is 87.9 Å². The molecule has 8 saturated carbocycles. The molecule has 2 aromatic rings. The summed E-state index contributed by atoms with van der Waals surface area (Å²) in [5, 5.41) is 0. The summed E-state index contributed by atoms with van der Waals surface area (Å²) < 4.78 is 44.7. The summed E-state index contributed by atoms with van der Waals surface area (Å²) in [4.78, 5) is 37.8. The number of hydrogen-bond donors (Lipinski definition) is 1. The number of nitrogens with two attached hydrogens (primary N) is 1. The summed E-state index contributed by atoms with van der Waals surface area (Å²) in [6, 6.07) is 0. The molecule has 0 amide bonds. The third kappa shape index (κ3) is 6.19. The Bertz CT molecular complexity index is 1670. The second kappa shape index (κ2) is 12.5. The van der Waals surface area contributed by atoms with Crippen molar-refractivity contribution in [3.8, 4) is 12.3 Å². The second-order valence-corrected chi connectivity index (χ2v) is 17.5. The van der Waals surface area contributed by atoms with Crippen LogP contribution in [0.1, 0.15) is 103 Å². The van der Waals surface area contributed by atoms with Gasteiger partial charge in [-0.15, -0.1) is 6.42 Å². The van der Waals surface area contributed by atoms with Crippen LogP contribution in [0.15, 0.2) is 6.33 Å². The minimum absolute atomic E-state index is 0.0235. The van der Waals surface area contributed by atoms with Crippen LogP contribution in [0.4, 0.5) is 19.8 Å². The van der Waals surface area contributed by atoms with E-state index in [4.69, 9.17) is 35.8 Å². The maximum atomic E-state index is 14.2. The van der Waals surface area contributed by atoms with E-state index in [0.717, 1.165) is 48.3 Å². The number of imidazole rings is 1. The number of ether oxygens (including phenoxy) is 5. The summed E-state index contributed by atoms with van der Waals surface area (Å²) in [6.07, 6.45) is 19.7. The lowest BCUT2D eigenvalue weighted by molar-refractivity contribution is -0.108. The van der Waals surface area contributed by atoms with Crippen molar-refractivity contribution in [3.63, 3.8) is 0 Å². The van der Waals surface area contributed by atoms with Gasteiger partial charge in [0.05, 0.1) is 19.5 Å². The number of halogens is 1. The van der Waals surface area contributed by atoms with Crippen LogP contribution in [-0.4, -0.2) is 63.4 Å². The minimum atomic E-state index is -1.70. The molecular weight excluding hydrogens is 657 g/mol. The average molecular weight is 706 g/mol. The first-order valence-electron chi connectivity index (χ1n) is 19.0. The molecular formula is C38H48FN5O7. The Balaban J connectivity index is 0.857. The van der Waals surface area contributed by atoms with Gasteiger partial charge in [0.2, 0.25) is 5.60 Å². The Morgan fingerprint density at radius 3 is 1.90 bits per heavy atom. The van der Waals surface area contributed by atoms with E-state index in [2.05, 4.69) is 20.9 Å². The number of anilines is 1. The van der Waals surface area contributed by atoms with Gasteiger partial charge in [-0.1, -0.05) is 5.92 Å². The van der Waals surface area contributed by atoms with Gasteiger partial charge in [0, 0.05) is 6.42 Å². The van der Waals surface area contributed by atoms with Crippen LogP contribution in [0.25, 0.3) is 11.2 Å². The number of carbonyl (C=O) groups is 2. The molecule has 51 heavy (non-hydrogen) atoms. The van der Waals surface area contributed by atoms with Crippen LogP contribution in [0.5, 0.6) is 0 Å². The SMILES string of the molecule is C#C[C@]1(COC(=O)OCCC23CC4CC(CC(C4)C2)C3)O[C@@H](n2cnc3c(N)nc(F)nc32)C[C@@H]1OC(=O)OCCC12CC3CC(CC(C3)C1)C2. The fourth-order valence-corrected chi connectivity index (χ4v) is 12.7. The zero-order valence-corrected chi connectivity index (χ0v) is 29.1. The molecule has 9 fully saturated rings. The molecule has 0 unspecified atom stereocenters. The van der Waals surface area contributed by atoms with Crippen molar-refractivity contribution in [1.82, 2.24) is 19.5 Å². The fourth-order valence-electron chi connectivity index (χ4n) is 12.7. The third-order valence-electron chi connectivity index (χ3n) is 13.9. The van der Waals surface area contributed by atoms with E-state index in [1.807, 2.05) is 0 Å². The fraction of sp³-hybridized carbons (Fsp3) is 0.763. The molecule has 13 heteroatoms. The monoisotopic (exact) mass is 705 g/mol. The maximum Gasteiger partial charge on any atom is 0.508 e. The van der Waals surface area contributed by atoms with Gasteiger partial charge in [-0.25, -0.2) is 14.6 Å². The topological polar surface area (TPSA) is 150 Å². The molecule has 0 aromatic carbocycles. The lowest BCUT2D eigenvalue weighted by Gasteiger charge is -2.57. The third-order valence-corrected chi connectivity index (χ3v) is 13.9. The summed E-state index contributed by atoms with van der Waals surface area (Å²) >= 11 is 0. The molecule has 2 N–H and O–H groups in total. The zero-order valence-electron chi connectivity index (χ0n) is 29.1. The Morgan fingerprint density at radius 2 is 1.37 bits per heavy atom. The van der Waals surface area contributed by atoms with Crippen molar-refractivity contribution in [3.05, 3.63) is 12.4 Å². The smallest absolute Gasteiger partial charge is 0.434 e. The van der Waals surface area contributed by atoms with Gasteiger partial charge < -0.3 is 29.4 Å². The number of rotatable bonds is 10. The van der Waals surface area contributed by atoms with Gasteiger partial charge in [0.1, 0.15) is 12.8 Å². The lowest BCUT2D eigenvalue weighted by Crippen LogP contribution is -2.47. The summed E-state index contributed by atoms with van der Waals surface area (Å²) in [6.45, 7) is 0.0695. The summed E-state index contributed by atoms with van der Waals surface area (Å²) in [7, 11) is 0. The first kappa shape index (κ1) is 33.2. The van der Waals surface area contributed by atoms with Gasteiger partial charge in [0.25, 0.3) is 0 Å².